The molecule has 3 heteroatoms. The van der Waals surface area contributed by atoms with E-state index in [2.05, 4.69) is 6.07 Å². The molecule has 0 aromatic heterocycles. The van der Waals surface area contributed by atoms with Crippen LogP contribution in [0, 0.1) is 13.8 Å². The number of aryl methyl sites for hydroxylation is 1. The summed E-state index contributed by atoms with van der Waals surface area (Å²) in [6, 6.07) is 3.92. The zero-order chi connectivity index (χ0) is 12.6. The lowest BCUT2D eigenvalue weighted by Crippen LogP contribution is -2.41. The zero-order valence-electron chi connectivity index (χ0n) is 10.4. The standard InChI is InChI=1S/C14H19NO2/c1-9-6-11(14(8-15)4-3-5-14)7-12(10(9)2)13(16)17/h6-7H,3-5,8,15H2,1-2H3,(H,16,17). The maximum absolute atomic E-state index is 11.2. The Morgan fingerprint density at radius 3 is 2.47 bits per heavy atom. The number of aromatic carboxylic acids is 1. The highest BCUT2D eigenvalue weighted by molar-refractivity contribution is 5.90. The van der Waals surface area contributed by atoms with Crippen molar-refractivity contribution in [1.29, 1.82) is 0 Å². The van der Waals surface area contributed by atoms with Crippen LogP contribution in [-0.2, 0) is 5.41 Å². The molecule has 3 nitrogen and oxygen atoms in total. The zero-order valence-corrected chi connectivity index (χ0v) is 10.4. The monoisotopic (exact) mass is 233 g/mol. The third-order valence-electron chi connectivity index (χ3n) is 4.21. The lowest BCUT2D eigenvalue weighted by molar-refractivity contribution is 0.0695. The van der Waals surface area contributed by atoms with Crippen LogP contribution in [0.4, 0.5) is 0 Å². The summed E-state index contributed by atoms with van der Waals surface area (Å²) in [6.07, 6.45) is 3.34. The Labute approximate surface area is 102 Å². The fraction of sp³-hybridized carbons (Fsp3) is 0.500. The van der Waals surface area contributed by atoms with E-state index in [1.54, 1.807) is 0 Å². The van der Waals surface area contributed by atoms with Crippen molar-refractivity contribution in [3.63, 3.8) is 0 Å². The second-order valence-electron chi connectivity index (χ2n) is 5.11. The third kappa shape index (κ3) is 1.84. The normalized spacial score (nSPS) is 17.6. The first-order chi connectivity index (χ1) is 8.00. The smallest absolute Gasteiger partial charge is 0.335 e. The fourth-order valence-corrected chi connectivity index (χ4v) is 2.60. The lowest BCUT2D eigenvalue weighted by atomic mass is 9.64. The Bertz CT molecular complexity index is 456. The molecule has 0 heterocycles. The van der Waals surface area contributed by atoms with Crippen molar-refractivity contribution >= 4 is 5.97 Å². The van der Waals surface area contributed by atoms with Gasteiger partial charge in [-0.15, -0.1) is 0 Å². The van der Waals surface area contributed by atoms with Crippen molar-refractivity contribution in [1.82, 2.24) is 0 Å². The van der Waals surface area contributed by atoms with Gasteiger partial charge in [0.2, 0.25) is 0 Å². The molecule has 0 spiro atoms. The van der Waals surface area contributed by atoms with Crippen molar-refractivity contribution in [2.24, 2.45) is 5.73 Å². The number of carboxylic acids is 1. The minimum atomic E-state index is -0.848. The Morgan fingerprint density at radius 1 is 1.41 bits per heavy atom. The molecule has 0 unspecified atom stereocenters. The first kappa shape index (κ1) is 12.1. The summed E-state index contributed by atoms with van der Waals surface area (Å²) < 4.78 is 0. The van der Waals surface area contributed by atoms with E-state index in [0.29, 0.717) is 12.1 Å². The molecule has 1 aliphatic rings. The van der Waals surface area contributed by atoms with Gasteiger partial charge in [0.25, 0.3) is 0 Å². The van der Waals surface area contributed by atoms with E-state index in [1.165, 1.54) is 6.42 Å². The van der Waals surface area contributed by atoms with E-state index in [9.17, 15) is 9.90 Å². The lowest BCUT2D eigenvalue weighted by Gasteiger charge is -2.42. The molecule has 92 valence electrons. The summed E-state index contributed by atoms with van der Waals surface area (Å²) in [5, 5.41) is 9.21. The van der Waals surface area contributed by atoms with Crippen molar-refractivity contribution in [2.45, 2.75) is 38.5 Å². The van der Waals surface area contributed by atoms with E-state index in [1.807, 2.05) is 19.9 Å². The second-order valence-corrected chi connectivity index (χ2v) is 5.11. The second kappa shape index (κ2) is 4.15. The summed E-state index contributed by atoms with van der Waals surface area (Å²) in [6.45, 7) is 4.43. The largest absolute Gasteiger partial charge is 0.478 e. The molecule has 0 atom stereocenters. The fourth-order valence-electron chi connectivity index (χ4n) is 2.60. The Kier molecular flexibility index (Phi) is 2.96. The van der Waals surface area contributed by atoms with Crippen LogP contribution in [-0.4, -0.2) is 17.6 Å². The molecule has 0 bridgehead atoms. The number of nitrogens with two attached hydrogens (primary N) is 1. The highest BCUT2D eigenvalue weighted by Crippen LogP contribution is 2.43. The van der Waals surface area contributed by atoms with Crippen LogP contribution in [0.25, 0.3) is 0 Å². The third-order valence-corrected chi connectivity index (χ3v) is 4.21. The summed E-state index contributed by atoms with van der Waals surface area (Å²) in [4.78, 5) is 11.2. The predicted molar refractivity (Wildman–Crippen MR) is 67.5 cm³/mol. The molecule has 2 rings (SSSR count). The maximum atomic E-state index is 11.2. The van der Waals surface area contributed by atoms with E-state index in [-0.39, 0.29) is 5.41 Å². The van der Waals surface area contributed by atoms with Gasteiger partial charge in [-0.1, -0.05) is 12.5 Å². The molecule has 3 N–H and O–H groups in total. The number of benzene rings is 1. The molecule has 17 heavy (non-hydrogen) atoms. The quantitative estimate of drug-likeness (QED) is 0.842. The van der Waals surface area contributed by atoms with E-state index in [4.69, 9.17) is 5.73 Å². The van der Waals surface area contributed by atoms with E-state index >= 15 is 0 Å². The van der Waals surface area contributed by atoms with Crippen LogP contribution >= 0.6 is 0 Å². The van der Waals surface area contributed by atoms with Gasteiger partial charge in [0.05, 0.1) is 5.56 Å². The summed E-state index contributed by atoms with van der Waals surface area (Å²) in [7, 11) is 0. The van der Waals surface area contributed by atoms with Crippen LogP contribution in [0.1, 0.15) is 46.3 Å². The first-order valence-corrected chi connectivity index (χ1v) is 6.05. The van der Waals surface area contributed by atoms with E-state index in [0.717, 1.165) is 29.5 Å². The van der Waals surface area contributed by atoms with E-state index < -0.39 is 5.97 Å². The molecule has 0 aliphatic heterocycles. The van der Waals surface area contributed by atoms with Gasteiger partial charge >= 0.3 is 5.97 Å². The number of hydrogen-bond acceptors (Lipinski definition) is 2. The van der Waals surface area contributed by atoms with Crippen molar-refractivity contribution in [2.75, 3.05) is 6.54 Å². The average Bonchev–Trinajstić information content (AvgIpc) is 2.21. The van der Waals surface area contributed by atoms with Gasteiger partial charge in [0.1, 0.15) is 0 Å². The molecule has 1 aromatic rings. The Hall–Kier alpha value is -1.35. The summed E-state index contributed by atoms with van der Waals surface area (Å²) >= 11 is 0. The minimum absolute atomic E-state index is 0.0304. The summed E-state index contributed by atoms with van der Waals surface area (Å²) in [5.74, 6) is -0.848. The Balaban J connectivity index is 2.53. The Morgan fingerprint density at radius 2 is 2.06 bits per heavy atom. The average molecular weight is 233 g/mol. The number of carbonyl (C=O) groups is 1. The van der Waals surface area contributed by atoms with Crippen molar-refractivity contribution < 1.29 is 9.90 Å². The van der Waals surface area contributed by atoms with Gasteiger partial charge in [-0.05, 0) is 49.4 Å². The van der Waals surface area contributed by atoms with Gasteiger partial charge < -0.3 is 10.8 Å². The SMILES string of the molecule is Cc1cc(C2(CN)CCC2)cc(C(=O)O)c1C. The van der Waals surface area contributed by atoms with Crippen LogP contribution in [0.2, 0.25) is 0 Å². The van der Waals surface area contributed by atoms with Crippen molar-refractivity contribution in [3.8, 4) is 0 Å². The predicted octanol–water partition coefficient (Wildman–Crippen LogP) is 2.38. The molecule has 0 saturated heterocycles. The number of hydrogen-bond donors (Lipinski definition) is 2. The van der Waals surface area contributed by atoms with Crippen LogP contribution in [0.15, 0.2) is 12.1 Å². The van der Waals surface area contributed by atoms with Gasteiger partial charge in [-0.3, -0.25) is 0 Å². The minimum Gasteiger partial charge on any atom is -0.478 e. The van der Waals surface area contributed by atoms with Crippen LogP contribution in [0.5, 0.6) is 0 Å². The van der Waals surface area contributed by atoms with Crippen molar-refractivity contribution in [3.05, 3.63) is 34.4 Å². The molecule has 1 fully saturated rings. The molecular formula is C14H19NO2. The topological polar surface area (TPSA) is 63.3 Å². The molecule has 0 radical (unpaired) electrons. The first-order valence-electron chi connectivity index (χ1n) is 6.05. The molecule has 1 aliphatic carbocycles. The van der Waals surface area contributed by atoms with Gasteiger partial charge in [-0.2, -0.15) is 0 Å². The highest BCUT2D eigenvalue weighted by atomic mass is 16.4. The van der Waals surface area contributed by atoms with Crippen LogP contribution in [0.3, 0.4) is 0 Å². The molecular weight excluding hydrogens is 214 g/mol. The molecule has 1 aromatic carbocycles. The maximum Gasteiger partial charge on any atom is 0.335 e. The number of carboxylic acid groups (broad SMARTS) is 1. The number of rotatable bonds is 3. The van der Waals surface area contributed by atoms with Gasteiger partial charge in [-0.25, -0.2) is 4.79 Å². The van der Waals surface area contributed by atoms with Crippen LogP contribution < -0.4 is 5.73 Å². The van der Waals surface area contributed by atoms with Gasteiger partial charge in [0, 0.05) is 12.0 Å². The highest BCUT2D eigenvalue weighted by Gasteiger charge is 2.37. The molecule has 1 saturated carbocycles. The van der Waals surface area contributed by atoms with Gasteiger partial charge in [0.15, 0.2) is 0 Å². The summed E-state index contributed by atoms with van der Waals surface area (Å²) in [5.41, 5.74) is 9.31. The molecule has 0 amide bonds.